The van der Waals surface area contributed by atoms with Crippen LogP contribution in [0.1, 0.15) is 175 Å². The van der Waals surface area contributed by atoms with E-state index < -0.39 is 41.7 Å². The number of carboxylic acid groups (broad SMARTS) is 4. The Balaban J connectivity index is -0.000000462. The van der Waals surface area contributed by atoms with E-state index in [1.54, 1.807) is 36.4 Å². The first kappa shape index (κ1) is 122. The number of hydrogen-bond acceptors (Lipinski definition) is 30. The van der Waals surface area contributed by atoms with E-state index in [9.17, 15) is 38.4 Å². The minimum atomic E-state index is -0.759. The highest BCUT2D eigenvalue weighted by molar-refractivity contribution is 7.80. The van der Waals surface area contributed by atoms with Crippen LogP contribution in [0.5, 0.6) is 0 Å². The summed E-state index contributed by atoms with van der Waals surface area (Å²) in [4.78, 5) is 106. The number of nitrogens with two attached hydrogens (primary N) is 2. The molecule has 0 aromatic heterocycles. The number of nitrogens with one attached hydrogen (secondary N) is 2. The number of aliphatic imine (C=N–C) groups is 1. The molecule has 123 heavy (non-hydrogen) atoms. The van der Waals surface area contributed by atoms with Gasteiger partial charge in [0.2, 0.25) is 5.91 Å². The van der Waals surface area contributed by atoms with Crippen LogP contribution in [0, 0.1) is 0 Å². The average molecular weight is 1790 g/mol. The Morgan fingerprint density at radius 3 is 1.02 bits per heavy atom. The lowest BCUT2D eigenvalue weighted by molar-refractivity contribution is -0.198. The molecule has 0 aliphatic carbocycles. The number of carboxylic acids is 4. The van der Waals surface area contributed by atoms with Gasteiger partial charge in [-0.3, -0.25) is 33.6 Å². The number of rotatable bonds is 73. The molecule has 3 amide bonds. The van der Waals surface area contributed by atoms with Crippen molar-refractivity contribution in [3.05, 3.63) is 95.9 Å². The van der Waals surface area contributed by atoms with Crippen LogP contribution in [0.15, 0.2) is 74.0 Å². The van der Waals surface area contributed by atoms with Gasteiger partial charge < -0.3 is 104 Å². The summed E-state index contributed by atoms with van der Waals surface area (Å²) in [6.07, 6.45) is 14.5. The Hall–Kier alpha value is -9.23. The maximum atomic E-state index is 11.6. The van der Waals surface area contributed by atoms with Crippen molar-refractivity contribution in [2.24, 2.45) is 36.9 Å². The fraction of sp³-hybridized carbons (Fsp3) is 0.718. The molecule has 698 valence electrons. The molecule has 0 bridgehead atoms. The normalized spacial score (nSPS) is 10.7. The molecule has 43 nitrogen and oxygen atoms in total. The monoisotopic (exact) mass is 1790 g/mol. The van der Waals surface area contributed by atoms with Crippen molar-refractivity contribution in [1.29, 1.82) is 0 Å². The fourth-order valence-electron chi connectivity index (χ4n) is 8.75. The molecule has 2 aromatic carbocycles. The van der Waals surface area contributed by atoms with Crippen molar-refractivity contribution >= 4 is 99.2 Å². The summed E-state index contributed by atoms with van der Waals surface area (Å²) in [7, 11) is 0. The molecule has 1 aliphatic rings. The standard InChI is InChI=1S/C18H34N4O7.C18H26N4O4S.C11H16N4O6.2C11H23NO4.C7H4N4S.2CH4/c19-22-21-8-12-29-16-15-28-11-6-17(23)20-7-4-10-27-14-13-26-9-3-1-2-5-18(24)25;19-22-21-16-8-6-15(7-9-16)18(27)20-10-4-12-26-14-13-25-11-3-1-2-5-17(23)24;12-14-13-4-6-20-8-7-19-5-3-11(18)21-15-9(16)1-2-10(15)17;2*12-6-4-8-16-10-9-15-7-3-1-2-5-11(13)14;8-11-10-7-3-1-6(2-4-7)9-5-12;;/h1-16H2,(H,20,23)(H,24,25);6-9H,1-5,10-14H2,(H,20,27)(H,23,24);1-8H2;2*1-10,12H2,(H,13,14);1-4H;2*1H4. The van der Waals surface area contributed by atoms with Gasteiger partial charge in [-0.05, 0) is 137 Å². The van der Waals surface area contributed by atoms with Crippen LogP contribution in [0.2, 0.25) is 0 Å². The number of thiocarbonyl (C=S) groups is 2. The third-order valence-electron chi connectivity index (χ3n) is 14.9. The highest BCUT2D eigenvalue weighted by Crippen LogP contribution is 2.19. The summed E-state index contributed by atoms with van der Waals surface area (Å²) < 4.78 is 63.5. The number of hydrogen-bond donors (Lipinski definition) is 8. The van der Waals surface area contributed by atoms with Crippen molar-refractivity contribution in [2.75, 3.05) is 198 Å². The average Bonchev–Trinajstić information content (AvgIpc) is 1.80. The van der Waals surface area contributed by atoms with Crippen LogP contribution in [-0.2, 0) is 100 Å². The smallest absolute Gasteiger partial charge is 0.335 e. The molecule has 1 aliphatic heterocycles. The molecule has 2 aromatic rings. The predicted molar refractivity (Wildman–Crippen MR) is 467 cm³/mol. The number of imide groups is 1. The zero-order valence-corrected chi connectivity index (χ0v) is 71.0. The highest BCUT2D eigenvalue weighted by atomic mass is 32.1. The van der Waals surface area contributed by atoms with Crippen molar-refractivity contribution in [2.45, 2.75) is 169 Å². The lowest BCUT2D eigenvalue weighted by atomic mass is 10.2. The van der Waals surface area contributed by atoms with E-state index in [0.717, 1.165) is 95.5 Å². The van der Waals surface area contributed by atoms with Crippen molar-refractivity contribution < 1.29 is 120 Å². The van der Waals surface area contributed by atoms with E-state index in [1.165, 1.54) is 0 Å². The second-order valence-corrected chi connectivity index (χ2v) is 25.5. The number of benzene rings is 2. The molecular formula is C78H134N18O25S2. The highest BCUT2D eigenvalue weighted by Gasteiger charge is 2.32. The van der Waals surface area contributed by atoms with E-state index >= 15 is 0 Å². The van der Waals surface area contributed by atoms with E-state index in [0.29, 0.717) is 224 Å². The number of ether oxygens (including phenoxy) is 12. The Bertz CT molecular complexity index is 3160. The fourth-order valence-corrected chi connectivity index (χ4v) is 9.10. The van der Waals surface area contributed by atoms with Crippen molar-refractivity contribution in [3.63, 3.8) is 0 Å². The Kier molecular flexibility index (Phi) is 97.6. The Morgan fingerprint density at radius 1 is 0.390 bits per heavy atom. The van der Waals surface area contributed by atoms with Crippen LogP contribution in [-0.4, -0.2) is 281 Å². The van der Waals surface area contributed by atoms with Gasteiger partial charge in [0.1, 0.15) is 4.99 Å². The molecule has 3 rings (SSSR count). The molecule has 1 fully saturated rings. The number of amides is 3. The number of carbonyl (C=O) groups excluding carboxylic acids is 4. The molecule has 0 radical (unpaired) electrons. The van der Waals surface area contributed by atoms with Gasteiger partial charge in [0.25, 0.3) is 11.8 Å². The number of unbranched alkanes of at least 4 members (excludes halogenated alkanes) is 8. The molecule has 45 heteroatoms. The third kappa shape index (κ3) is 94.9. The Morgan fingerprint density at radius 2 is 0.691 bits per heavy atom. The third-order valence-corrected chi connectivity index (χ3v) is 15.3. The lowest BCUT2D eigenvalue weighted by Gasteiger charge is -2.12. The van der Waals surface area contributed by atoms with Gasteiger partial charge in [0, 0.05) is 161 Å². The predicted octanol–water partition coefficient (Wildman–Crippen LogP) is 12.9. The lowest BCUT2D eigenvalue weighted by Crippen LogP contribution is -2.32. The van der Waals surface area contributed by atoms with Gasteiger partial charge in [-0.25, -0.2) is 4.79 Å². The van der Waals surface area contributed by atoms with Crippen LogP contribution in [0.25, 0.3) is 41.8 Å². The first-order valence-corrected chi connectivity index (χ1v) is 40.9. The van der Waals surface area contributed by atoms with E-state index in [2.05, 4.69) is 77.9 Å². The Labute approximate surface area is 731 Å². The molecule has 1 saturated heterocycles. The van der Waals surface area contributed by atoms with Gasteiger partial charge in [-0.1, -0.05) is 110 Å². The summed E-state index contributed by atoms with van der Waals surface area (Å²) in [6.45, 7) is 15.2. The quantitative estimate of drug-likeness (QED) is 0.00580. The number of isothiocyanates is 1. The van der Waals surface area contributed by atoms with Crippen LogP contribution >= 0.6 is 24.4 Å². The maximum absolute atomic E-state index is 11.6. The van der Waals surface area contributed by atoms with E-state index in [1.807, 2.05) is 12.1 Å². The number of hydroxylamine groups is 2. The summed E-state index contributed by atoms with van der Waals surface area (Å²) in [5.74, 6) is -4.76. The van der Waals surface area contributed by atoms with Gasteiger partial charge in [0.05, 0.1) is 123 Å². The van der Waals surface area contributed by atoms with E-state index in [4.69, 9.17) is 123 Å². The van der Waals surface area contributed by atoms with Gasteiger partial charge in [-0.15, -0.1) is 5.06 Å². The number of carbonyl (C=O) groups is 8. The molecule has 10 N–H and O–H groups in total. The number of azide groups is 4. The van der Waals surface area contributed by atoms with Gasteiger partial charge in [-0.2, -0.15) is 4.99 Å². The zero-order valence-electron chi connectivity index (χ0n) is 69.4. The van der Waals surface area contributed by atoms with Crippen LogP contribution in [0.3, 0.4) is 0 Å². The SMILES string of the molecule is C.C.NCCCOCCOCCCCCC(=O)O.NCCCOCCOCCCCCC(=O)O.[N-]=[N+]=NCCOCCOCCC(=O)NCCCOCCOCCCCCC(=O)O.[N-]=[N+]=NCCOCCOCCC(=O)ON1C(=O)CCC1=O.[N-]=[N+]=Nc1ccc(C(=S)NCCCOCCOCCCCCC(=O)O)cc1.[N-]=[N+]=Nc1ccc(N=C=S)cc1. The molecule has 1 heterocycles. The minimum Gasteiger partial charge on any atom is -0.481 e. The summed E-state index contributed by atoms with van der Waals surface area (Å²) in [5, 5.41) is 56.1. The topological polar surface area (TPSA) is 624 Å². The second kappa shape index (κ2) is 98.2. The van der Waals surface area contributed by atoms with Crippen molar-refractivity contribution in [1.82, 2.24) is 15.7 Å². The minimum absolute atomic E-state index is 0. The maximum Gasteiger partial charge on any atom is 0.335 e. The molecule has 0 spiro atoms. The van der Waals surface area contributed by atoms with Crippen molar-refractivity contribution in [3.8, 4) is 0 Å². The first-order valence-electron chi connectivity index (χ1n) is 40.1. The van der Waals surface area contributed by atoms with Gasteiger partial charge >= 0.3 is 29.8 Å². The molecule has 0 saturated carbocycles. The van der Waals surface area contributed by atoms with Crippen LogP contribution in [0.4, 0.5) is 17.1 Å². The first-order chi connectivity index (χ1) is 58.8. The molecule has 0 unspecified atom stereocenters. The second-order valence-electron chi connectivity index (χ2n) is 24.9. The summed E-state index contributed by atoms with van der Waals surface area (Å²) in [6, 6.07) is 13.8. The number of nitrogens with zero attached hydrogens (tertiary/aromatic N) is 14. The molecule has 0 atom stereocenters. The largest absolute Gasteiger partial charge is 0.481 e. The zero-order chi connectivity index (χ0) is 89.6. The number of aliphatic carboxylic acids is 4. The van der Waals surface area contributed by atoms with Crippen LogP contribution < -0.4 is 22.1 Å². The molecular weight excluding hydrogens is 1650 g/mol. The summed E-state index contributed by atoms with van der Waals surface area (Å²) >= 11 is 9.73. The summed E-state index contributed by atoms with van der Waals surface area (Å²) in [5.41, 5.74) is 45.9. The van der Waals surface area contributed by atoms with E-state index in [-0.39, 0.29) is 85.5 Å². The van der Waals surface area contributed by atoms with Gasteiger partial charge in [0.15, 0.2) is 0 Å².